The molecule has 0 aromatic heterocycles. The average molecular weight is 216 g/mol. The lowest BCUT2D eigenvalue weighted by atomic mass is 9.84. The number of hydrogen-bond donors (Lipinski definition) is 0. The molecule has 0 heterocycles. The third kappa shape index (κ3) is 1.83. The first-order chi connectivity index (χ1) is 7.85. The second-order valence-corrected chi connectivity index (χ2v) is 5.49. The van der Waals surface area contributed by atoms with Gasteiger partial charge in [-0.2, -0.15) is 0 Å². The molecule has 0 saturated heterocycles. The van der Waals surface area contributed by atoms with Crippen molar-refractivity contribution < 1.29 is 4.74 Å². The maximum absolute atomic E-state index is 5.19. The summed E-state index contributed by atoms with van der Waals surface area (Å²) < 4.78 is 5.19. The number of methoxy groups -OCH3 is 1. The van der Waals surface area contributed by atoms with E-state index in [0.717, 1.165) is 23.5 Å². The highest BCUT2D eigenvalue weighted by Gasteiger charge is 2.38. The molecule has 0 radical (unpaired) electrons. The number of benzene rings is 1. The lowest BCUT2D eigenvalue weighted by Crippen LogP contribution is -2.12. The summed E-state index contributed by atoms with van der Waals surface area (Å²) >= 11 is 0. The molecule has 1 heteroatoms. The van der Waals surface area contributed by atoms with Crippen molar-refractivity contribution in [3.63, 3.8) is 0 Å². The van der Waals surface area contributed by atoms with Crippen LogP contribution in [0.2, 0.25) is 0 Å². The van der Waals surface area contributed by atoms with Gasteiger partial charge in [-0.3, -0.25) is 0 Å². The third-order valence-corrected chi connectivity index (χ3v) is 4.54. The van der Waals surface area contributed by atoms with Crippen LogP contribution in [0, 0.1) is 17.8 Å². The van der Waals surface area contributed by atoms with Crippen molar-refractivity contribution in [2.24, 2.45) is 17.8 Å². The average Bonchev–Trinajstić information content (AvgIpc) is 2.92. The van der Waals surface area contributed by atoms with Gasteiger partial charge in [0.05, 0.1) is 7.11 Å². The monoisotopic (exact) mass is 216 g/mol. The molecule has 3 rings (SSSR count). The Morgan fingerprint density at radius 3 is 2.50 bits per heavy atom. The summed E-state index contributed by atoms with van der Waals surface area (Å²) in [5, 5.41) is 0. The molecule has 1 aromatic rings. The van der Waals surface area contributed by atoms with Gasteiger partial charge in [-0.05, 0) is 61.1 Å². The standard InChI is InChI=1S/C15H20O/c1-16-15-6-3-11(4-7-15)8-14-10-12-2-5-13(14)9-12/h3-4,6-7,12-14H,2,5,8-10H2,1H3. The predicted molar refractivity (Wildman–Crippen MR) is 65.6 cm³/mol. The minimum absolute atomic E-state index is 0.965. The molecule has 1 nitrogen and oxygen atoms in total. The van der Waals surface area contributed by atoms with Crippen molar-refractivity contribution in [2.45, 2.75) is 32.1 Å². The Morgan fingerprint density at radius 1 is 1.12 bits per heavy atom. The van der Waals surface area contributed by atoms with E-state index in [1.807, 2.05) is 0 Å². The molecule has 2 saturated carbocycles. The molecule has 3 unspecified atom stereocenters. The fraction of sp³-hybridized carbons (Fsp3) is 0.600. The fourth-order valence-electron chi connectivity index (χ4n) is 3.69. The molecule has 0 amide bonds. The Morgan fingerprint density at radius 2 is 1.94 bits per heavy atom. The van der Waals surface area contributed by atoms with Gasteiger partial charge in [0.15, 0.2) is 0 Å². The van der Waals surface area contributed by atoms with E-state index >= 15 is 0 Å². The summed E-state index contributed by atoms with van der Waals surface area (Å²) in [4.78, 5) is 0. The maximum atomic E-state index is 5.19. The van der Waals surface area contributed by atoms with E-state index in [4.69, 9.17) is 4.74 Å². The minimum atomic E-state index is 0.965. The Balaban J connectivity index is 1.65. The number of ether oxygens (including phenoxy) is 1. The summed E-state index contributed by atoms with van der Waals surface area (Å²) in [6.07, 6.45) is 7.28. The van der Waals surface area contributed by atoms with E-state index in [1.165, 1.54) is 37.7 Å². The van der Waals surface area contributed by atoms with Gasteiger partial charge in [0.25, 0.3) is 0 Å². The first kappa shape index (κ1) is 10.2. The van der Waals surface area contributed by atoms with Crippen molar-refractivity contribution in [1.29, 1.82) is 0 Å². The van der Waals surface area contributed by atoms with Gasteiger partial charge >= 0.3 is 0 Å². The van der Waals surface area contributed by atoms with Crippen LogP contribution in [0.15, 0.2) is 24.3 Å². The Kier molecular flexibility index (Phi) is 2.62. The van der Waals surface area contributed by atoms with Crippen LogP contribution in [-0.4, -0.2) is 7.11 Å². The summed E-state index contributed by atoms with van der Waals surface area (Å²) in [6, 6.07) is 8.63. The maximum Gasteiger partial charge on any atom is 0.118 e. The van der Waals surface area contributed by atoms with Crippen molar-refractivity contribution >= 4 is 0 Å². The molecule has 0 N–H and O–H groups in total. The highest BCUT2D eigenvalue weighted by molar-refractivity contribution is 5.27. The van der Waals surface area contributed by atoms with Gasteiger partial charge in [-0.25, -0.2) is 0 Å². The lowest BCUT2D eigenvalue weighted by Gasteiger charge is -2.21. The van der Waals surface area contributed by atoms with E-state index < -0.39 is 0 Å². The summed E-state index contributed by atoms with van der Waals surface area (Å²) in [6.45, 7) is 0. The summed E-state index contributed by atoms with van der Waals surface area (Å²) in [5.74, 6) is 4.03. The Bertz CT molecular complexity index is 354. The molecule has 0 spiro atoms. The molecule has 16 heavy (non-hydrogen) atoms. The first-order valence-electron chi connectivity index (χ1n) is 6.48. The van der Waals surface area contributed by atoms with Gasteiger partial charge in [0, 0.05) is 0 Å². The van der Waals surface area contributed by atoms with Gasteiger partial charge < -0.3 is 4.74 Å². The summed E-state index contributed by atoms with van der Waals surface area (Å²) in [5.41, 5.74) is 1.48. The zero-order valence-corrected chi connectivity index (χ0v) is 9.99. The first-order valence-corrected chi connectivity index (χ1v) is 6.48. The van der Waals surface area contributed by atoms with Gasteiger partial charge in [0.2, 0.25) is 0 Å². The number of fused-ring (bicyclic) bond motifs is 2. The van der Waals surface area contributed by atoms with E-state index in [1.54, 1.807) is 7.11 Å². The Hall–Kier alpha value is -0.980. The van der Waals surface area contributed by atoms with Gasteiger partial charge in [0.1, 0.15) is 5.75 Å². The SMILES string of the molecule is COc1ccc(CC2CC3CCC2C3)cc1. The van der Waals surface area contributed by atoms with Crippen molar-refractivity contribution in [1.82, 2.24) is 0 Å². The molecular weight excluding hydrogens is 196 g/mol. The largest absolute Gasteiger partial charge is 0.497 e. The van der Waals surface area contributed by atoms with Crippen molar-refractivity contribution in [2.75, 3.05) is 7.11 Å². The van der Waals surface area contributed by atoms with Crippen molar-refractivity contribution in [3.8, 4) is 5.75 Å². The van der Waals surface area contributed by atoms with Gasteiger partial charge in [-0.1, -0.05) is 18.6 Å². The normalized spacial score (nSPS) is 31.9. The van der Waals surface area contributed by atoms with Crippen LogP contribution in [0.5, 0.6) is 5.75 Å². The van der Waals surface area contributed by atoms with Crippen LogP contribution in [0.4, 0.5) is 0 Å². The molecule has 2 aliphatic carbocycles. The lowest BCUT2D eigenvalue weighted by molar-refractivity contribution is 0.331. The van der Waals surface area contributed by atoms with Crippen LogP contribution in [0.25, 0.3) is 0 Å². The van der Waals surface area contributed by atoms with Crippen LogP contribution in [0.3, 0.4) is 0 Å². The molecule has 1 aromatic carbocycles. The molecule has 2 fully saturated rings. The molecule has 2 bridgehead atoms. The summed E-state index contributed by atoms with van der Waals surface area (Å²) in [7, 11) is 1.73. The molecule has 86 valence electrons. The topological polar surface area (TPSA) is 9.23 Å². The zero-order chi connectivity index (χ0) is 11.0. The van der Waals surface area contributed by atoms with Crippen LogP contribution in [0.1, 0.15) is 31.2 Å². The molecule has 2 aliphatic rings. The molecular formula is C15H20O. The van der Waals surface area contributed by atoms with Crippen molar-refractivity contribution in [3.05, 3.63) is 29.8 Å². The second-order valence-electron chi connectivity index (χ2n) is 5.49. The van der Waals surface area contributed by atoms with E-state index in [0.29, 0.717) is 0 Å². The predicted octanol–water partition coefficient (Wildman–Crippen LogP) is 3.67. The highest BCUT2D eigenvalue weighted by atomic mass is 16.5. The number of hydrogen-bond acceptors (Lipinski definition) is 1. The minimum Gasteiger partial charge on any atom is -0.497 e. The number of rotatable bonds is 3. The Labute approximate surface area is 97.8 Å². The smallest absolute Gasteiger partial charge is 0.118 e. The molecule has 3 atom stereocenters. The van der Waals surface area contributed by atoms with Crippen LogP contribution < -0.4 is 4.74 Å². The van der Waals surface area contributed by atoms with E-state index in [2.05, 4.69) is 24.3 Å². The van der Waals surface area contributed by atoms with E-state index in [-0.39, 0.29) is 0 Å². The quantitative estimate of drug-likeness (QED) is 0.749. The highest BCUT2D eigenvalue weighted by Crippen LogP contribution is 2.49. The van der Waals surface area contributed by atoms with Crippen LogP contribution in [-0.2, 0) is 6.42 Å². The second kappa shape index (κ2) is 4.12. The molecule has 0 aliphatic heterocycles. The fourth-order valence-corrected chi connectivity index (χ4v) is 3.69. The van der Waals surface area contributed by atoms with E-state index in [9.17, 15) is 0 Å². The van der Waals surface area contributed by atoms with Crippen LogP contribution >= 0.6 is 0 Å². The van der Waals surface area contributed by atoms with Gasteiger partial charge in [-0.15, -0.1) is 0 Å². The third-order valence-electron chi connectivity index (χ3n) is 4.54. The zero-order valence-electron chi connectivity index (χ0n) is 9.99.